The van der Waals surface area contributed by atoms with E-state index in [-0.39, 0.29) is 18.4 Å². The molecule has 0 unspecified atom stereocenters. The number of hydrogen-bond acceptors (Lipinski definition) is 5. The molecule has 2 amide bonds. The highest BCUT2D eigenvalue weighted by Crippen LogP contribution is 2.25. The van der Waals surface area contributed by atoms with Gasteiger partial charge in [0, 0.05) is 37.7 Å². The van der Waals surface area contributed by atoms with Gasteiger partial charge in [-0.1, -0.05) is 71.9 Å². The van der Waals surface area contributed by atoms with E-state index in [1.165, 1.54) is 0 Å². The largest absolute Gasteiger partial charge is 0.339 e. The average Bonchev–Trinajstić information content (AvgIpc) is 3.40. The van der Waals surface area contributed by atoms with Crippen LogP contribution in [-0.4, -0.2) is 51.4 Å². The lowest BCUT2D eigenvalue weighted by Crippen LogP contribution is -2.51. The number of aromatic nitrogens is 2. The molecule has 1 aliphatic heterocycles. The van der Waals surface area contributed by atoms with Crippen molar-refractivity contribution in [2.24, 2.45) is 0 Å². The van der Waals surface area contributed by atoms with E-state index in [0.29, 0.717) is 36.9 Å². The Hall–Kier alpha value is -4.78. The summed E-state index contributed by atoms with van der Waals surface area (Å²) in [6.45, 7) is 3.33. The van der Waals surface area contributed by atoms with Gasteiger partial charge in [-0.3, -0.25) is 9.59 Å². The van der Waals surface area contributed by atoms with Gasteiger partial charge in [-0.05, 0) is 51.7 Å². The molecule has 38 heavy (non-hydrogen) atoms. The molecule has 0 radical (unpaired) electrons. The van der Waals surface area contributed by atoms with Gasteiger partial charge in [0.15, 0.2) is 0 Å². The molecule has 0 atom stereocenters. The van der Waals surface area contributed by atoms with Gasteiger partial charge in [0.05, 0.1) is 0 Å². The number of amides is 2. The molecule has 0 aliphatic carbocycles. The molecule has 0 saturated carbocycles. The van der Waals surface area contributed by atoms with Crippen LogP contribution in [0.15, 0.2) is 95.5 Å². The molecule has 7 nitrogen and oxygen atoms in total. The van der Waals surface area contributed by atoms with Crippen LogP contribution in [0.25, 0.3) is 33.3 Å². The summed E-state index contributed by atoms with van der Waals surface area (Å²) < 4.78 is 5.11. The Balaban J connectivity index is 1.12. The van der Waals surface area contributed by atoms with Crippen molar-refractivity contribution in [3.05, 3.63) is 108 Å². The molecule has 1 aliphatic rings. The van der Waals surface area contributed by atoms with E-state index >= 15 is 0 Å². The van der Waals surface area contributed by atoms with E-state index in [2.05, 4.69) is 22.3 Å². The summed E-state index contributed by atoms with van der Waals surface area (Å²) in [4.78, 5) is 33.8. The first-order valence-electron chi connectivity index (χ1n) is 12.6. The van der Waals surface area contributed by atoms with Gasteiger partial charge >= 0.3 is 0 Å². The van der Waals surface area contributed by atoms with Gasteiger partial charge < -0.3 is 14.3 Å². The number of carbonyl (C=O) groups is 2. The number of carbonyl (C=O) groups excluding carboxylic acids is 2. The quantitative estimate of drug-likeness (QED) is 0.324. The molecule has 6 rings (SSSR count). The number of hydrogen-bond donors (Lipinski definition) is 0. The molecule has 0 spiro atoms. The predicted octanol–water partition coefficient (Wildman–Crippen LogP) is 5.35. The van der Waals surface area contributed by atoms with Gasteiger partial charge in [-0.25, -0.2) is 0 Å². The van der Waals surface area contributed by atoms with Crippen LogP contribution >= 0.6 is 0 Å². The fourth-order valence-electron chi connectivity index (χ4n) is 4.84. The monoisotopic (exact) mass is 502 g/mol. The van der Waals surface area contributed by atoms with Gasteiger partial charge in [-0.2, -0.15) is 4.98 Å². The van der Waals surface area contributed by atoms with E-state index in [0.717, 1.165) is 33.0 Å². The Morgan fingerprint density at radius 1 is 0.842 bits per heavy atom. The minimum Gasteiger partial charge on any atom is -0.339 e. The van der Waals surface area contributed by atoms with Crippen LogP contribution in [-0.2, 0) is 11.3 Å². The Bertz CT molecular complexity index is 1630. The van der Waals surface area contributed by atoms with Gasteiger partial charge in [0.25, 0.3) is 5.91 Å². The number of nitrogens with zero attached hydrogens (tertiary/aromatic N) is 4. The number of fused-ring (bicyclic) bond motifs is 1. The van der Waals surface area contributed by atoms with Crippen molar-refractivity contribution in [3.8, 4) is 22.5 Å². The minimum atomic E-state index is -0.118. The molecule has 1 saturated heterocycles. The van der Waals surface area contributed by atoms with Crippen LogP contribution in [0, 0.1) is 6.92 Å². The van der Waals surface area contributed by atoms with E-state index in [1.54, 1.807) is 11.8 Å². The molecule has 2 heterocycles. The normalized spacial score (nSPS) is 13.8. The van der Waals surface area contributed by atoms with E-state index in [9.17, 15) is 9.59 Å². The SMILES string of the molecule is Cc1nc(-c2ccc3ccc(CN4CCN(C(=O)c5ccc(-c6ccccc6)cc5)CC4=O)cc3c2)no1. The summed E-state index contributed by atoms with van der Waals surface area (Å²) in [5.41, 5.74) is 4.66. The third-order valence-electron chi connectivity index (χ3n) is 6.91. The summed E-state index contributed by atoms with van der Waals surface area (Å²) in [5.74, 6) is 0.906. The van der Waals surface area contributed by atoms with Crippen molar-refractivity contribution >= 4 is 22.6 Å². The van der Waals surface area contributed by atoms with Crippen LogP contribution in [0.5, 0.6) is 0 Å². The summed E-state index contributed by atoms with van der Waals surface area (Å²) in [6, 6.07) is 29.8. The molecular weight excluding hydrogens is 476 g/mol. The van der Waals surface area contributed by atoms with Gasteiger partial charge in [0.1, 0.15) is 6.54 Å². The second-order valence-corrected chi connectivity index (χ2v) is 9.52. The van der Waals surface area contributed by atoms with Crippen LogP contribution in [0.1, 0.15) is 21.8 Å². The molecule has 0 bridgehead atoms. The molecular formula is C31H26N4O3. The van der Waals surface area contributed by atoms with Crippen molar-refractivity contribution in [2.45, 2.75) is 13.5 Å². The number of piperazine rings is 1. The fourth-order valence-corrected chi connectivity index (χ4v) is 4.84. The zero-order chi connectivity index (χ0) is 26.1. The Kier molecular flexibility index (Phi) is 6.17. The van der Waals surface area contributed by atoms with Crippen molar-refractivity contribution in [2.75, 3.05) is 19.6 Å². The second-order valence-electron chi connectivity index (χ2n) is 9.52. The van der Waals surface area contributed by atoms with Crippen LogP contribution < -0.4 is 0 Å². The Morgan fingerprint density at radius 3 is 2.32 bits per heavy atom. The Labute approximate surface area is 220 Å². The van der Waals surface area contributed by atoms with Crippen molar-refractivity contribution in [1.82, 2.24) is 19.9 Å². The third-order valence-corrected chi connectivity index (χ3v) is 6.91. The summed E-state index contributed by atoms with van der Waals surface area (Å²) in [5, 5.41) is 6.15. The van der Waals surface area contributed by atoms with Crippen LogP contribution in [0.2, 0.25) is 0 Å². The summed E-state index contributed by atoms with van der Waals surface area (Å²) in [7, 11) is 0. The maximum Gasteiger partial charge on any atom is 0.254 e. The maximum atomic E-state index is 13.1. The average molecular weight is 503 g/mol. The van der Waals surface area contributed by atoms with Gasteiger partial charge in [0.2, 0.25) is 17.6 Å². The third kappa shape index (κ3) is 4.78. The standard InChI is InChI=1S/C31H26N4O3/c1-21-32-30(33-38-21)27-14-11-25-8-7-22(17-28(25)18-27)19-34-15-16-35(20-29(34)36)31(37)26-12-9-24(10-13-26)23-5-3-2-4-6-23/h2-14,17-18H,15-16,19-20H2,1H3. The first kappa shape index (κ1) is 23.6. The molecule has 1 aromatic heterocycles. The summed E-state index contributed by atoms with van der Waals surface area (Å²) in [6.07, 6.45) is 0. The first-order valence-corrected chi connectivity index (χ1v) is 12.6. The van der Waals surface area contributed by atoms with Crippen molar-refractivity contribution < 1.29 is 14.1 Å². The lowest BCUT2D eigenvalue weighted by molar-refractivity contribution is -0.135. The second kappa shape index (κ2) is 9.94. The van der Waals surface area contributed by atoms with Crippen molar-refractivity contribution in [3.63, 3.8) is 0 Å². The molecule has 1 fully saturated rings. The lowest BCUT2D eigenvalue weighted by atomic mass is 10.0. The number of benzene rings is 4. The highest BCUT2D eigenvalue weighted by molar-refractivity contribution is 5.97. The minimum absolute atomic E-state index is 0.0541. The van der Waals surface area contributed by atoms with Crippen LogP contribution in [0.4, 0.5) is 0 Å². The molecule has 5 aromatic rings. The topological polar surface area (TPSA) is 79.5 Å². The fraction of sp³-hybridized carbons (Fsp3) is 0.161. The summed E-state index contributed by atoms with van der Waals surface area (Å²) >= 11 is 0. The van der Waals surface area contributed by atoms with Crippen LogP contribution in [0.3, 0.4) is 0 Å². The lowest BCUT2D eigenvalue weighted by Gasteiger charge is -2.34. The zero-order valence-corrected chi connectivity index (χ0v) is 21.0. The maximum absolute atomic E-state index is 13.1. The Morgan fingerprint density at radius 2 is 1.58 bits per heavy atom. The molecule has 7 heteroatoms. The van der Waals surface area contributed by atoms with Crippen molar-refractivity contribution in [1.29, 1.82) is 0 Å². The van der Waals surface area contributed by atoms with E-state index < -0.39 is 0 Å². The molecule has 188 valence electrons. The number of aryl methyl sites for hydroxylation is 1. The van der Waals surface area contributed by atoms with Gasteiger partial charge in [-0.15, -0.1) is 0 Å². The van der Waals surface area contributed by atoms with E-state index in [1.807, 2.05) is 83.8 Å². The highest BCUT2D eigenvalue weighted by Gasteiger charge is 2.27. The first-order chi connectivity index (χ1) is 18.5. The molecule has 4 aromatic carbocycles. The zero-order valence-electron chi connectivity index (χ0n) is 21.0. The number of rotatable bonds is 5. The predicted molar refractivity (Wildman–Crippen MR) is 145 cm³/mol. The molecule has 0 N–H and O–H groups in total. The highest BCUT2D eigenvalue weighted by atomic mass is 16.5. The smallest absolute Gasteiger partial charge is 0.254 e. The van der Waals surface area contributed by atoms with E-state index in [4.69, 9.17) is 4.52 Å².